The molecule has 3 amide bonds. The fourth-order valence-electron chi connectivity index (χ4n) is 3.00. The lowest BCUT2D eigenvalue weighted by molar-refractivity contribution is 0.0963. The van der Waals surface area contributed by atoms with Gasteiger partial charge in [-0.1, -0.05) is 18.2 Å². The van der Waals surface area contributed by atoms with E-state index in [1.165, 1.54) is 12.8 Å². The molecule has 1 fully saturated rings. The summed E-state index contributed by atoms with van der Waals surface area (Å²) in [5.74, 6) is 0.873. The number of carbonyl (C=O) groups is 2. The lowest BCUT2D eigenvalue weighted by Crippen LogP contribution is -2.34. The Morgan fingerprint density at radius 1 is 0.963 bits per heavy atom. The van der Waals surface area contributed by atoms with Crippen LogP contribution in [0.15, 0.2) is 42.6 Å². The first-order chi connectivity index (χ1) is 13.2. The highest BCUT2D eigenvalue weighted by atomic mass is 16.2. The summed E-state index contributed by atoms with van der Waals surface area (Å²) >= 11 is 0. The second-order valence-corrected chi connectivity index (χ2v) is 6.53. The van der Waals surface area contributed by atoms with Crippen molar-refractivity contribution in [2.75, 3.05) is 25.0 Å². The first-order valence-electron chi connectivity index (χ1n) is 9.18. The van der Waals surface area contributed by atoms with Crippen LogP contribution in [0, 0.1) is 0 Å². The topological polar surface area (TPSA) is 86.4 Å². The normalized spacial score (nSPS) is 13.3. The van der Waals surface area contributed by atoms with Gasteiger partial charge in [0, 0.05) is 45.0 Å². The molecule has 1 aromatic carbocycles. The second-order valence-electron chi connectivity index (χ2n) is 6.53. The second kappa shape index (κ2) is 9.02. The maximum absolute atomic E-state index is 12.0. The van der Waals surface area contributed by atoms with Crippen molar-refractivity contribution in [2.45, 2.75) is 25.9 Å². The zero-order valence-corrected chi connectivity index (χ0v) is 15.5. The van der Waals surface area contributed by atoms with Crippen molar-refractivity contribution >= 4 is 17.8 Å². The molecule has 0 unspecified atom stereocenters. The fourth-order valence-corrected chi connectivity index (χ4v) is 3.00. The Bertz CT molecular complexity index is 768. The van der Waals surface area contributed by atoms with Gasteiger partial charge in [-0.3, -0.25) is 4.79 Å². The van der Waals surface area contributed by atoms with Crippen LogP contribution < -0.4 is 20.9 Å². The van der Waals surface area contributed by atoms with Gasteiger partial charge in [-0.05, 0) is 42.2 Å². The SMILES string of the molecule is CNC(=O)c1ccc(CNC(=O)NCc2ccc(N3CCCC3)nc2)cc1. The maximum Gasteiger partial charge on any atom is 0.315 e. The van der Waals surface area contributed by atoms with Crippen LogP contribution in [0.2, 0.25) is 0 Å². The van der Waals surface area contributed by atoms with Gasteiger partial charge in [0.15, 0.2) is 0 Å². The van der Waals surface area contributed by atoms with Gasteiger partial charge in [0.25, 0.3) is 5.91 Å². The van der Waals surface area contributed by atoms with Crippen molar-refractivity contribution in [1.29, 1.82) is 0 Å². The molecule has 0 spiro atoms. The molecule has 7 nitrogen and oxygen atoms in total. The van der Waals surface area contributed by atoms with E-state index in [1.807, 2.05) is 30.5 Å². The highest BCUT2D eigenvalue weighted by Gasteiger charge is 2.13. The summed E-state index contributed by atoms with van der Waals surface area (Å²) in [5, 5.41) is 8.21. The molecule has 1 saturated heterocycles. The molecule has 1 aliphatic rings. The molecule has 0 saturated carbocycles. The molecule has 0 bridgehead atoms. The molecular formula is C20H25N5O2. The summed E-state index contributed by atoms with van der Waals surface area (Å²) in [6, 6.07) is 10.9. The molecule has 27 heavy (non-hydrogen) atoms. The van der Waals surface area contributed by atoms with E-state index in [0.717, 1.165) is 30.0 Å². The Kier molecular flexibility index (Phi) is 6.25. The number of hydrogen-bond donors (Lipinski definition) is 3. The molecule has 3 rings (SSSR count). The molecule has 1 aliphatic heterocycles. The minimum Gasteiger partial charge on any atom is -0.357 e. The number of rotatable bonds is 6. The predicted molar refractivity (Wildman–Crippen MR) is 105 cm³/mol. The molecule has 0 aliphatic carbocycles. The van der Waals surface area contributed by atoms with Crippen LogP contribution in [0.1, 0.15) is 34.3 Å². The Labute approximate surface area is 159 Å². The highest BCUT2D eigenvalue weighted by Crippen LogP contribution is 2.17. The Balaban J connectivity index is 1.42. The van der Waals surface area contributed by atoms with Crippen molar-refractivity contribution in [1.82, 2.24) is 20.9 Å². The van der Waals surface area contributed by atoms with E-state index in [-0.39, 0.29) is 11.9 Å². The Morgan fingerprint density at radius 2 is 1.59 bits per heavy atom. The lowest BCUT2D eigenvalue weighted by atomic mass is 10.1. The first-order valence-corrected chi connectivity index (χ1v) is 9.18. The number of nitrogens with one attached hydrogen (secondary N) is 3. The number of amides is 3. The molecular weight excluding hydrogens is 342 g/mol. The van der Waals surface area contributed by atoms with Crippen LogP contribution in [0.25, 0.3) is 0 Å². The third kappa shape index (κ3) is 5.20. The van der Waals surface area contributed by atoms with E-state index < -0.39 is 0 Å². The fraction of sp³-hybridized carbons (Fsp3) is 0.350. The third-order valence-corrected chi connectivity index (χ3v) is 4.59. The van der Waals surface area contributed by atoms with Gasteiger partial charge in [0.05, 0.1) is 0 Å². The summed E-state index contributed by atoms with van der Waals surface area (Å²) in [5.41, 5.74) is 2.48. The Morgan fingerprint density at radius 3 is 2.19 bits per heavy atom. The molecule has 1 aromatic heterocycles. The number of pyridine rings is 1. The standard InChI is InChI=1S/C20H25N5O2/c1-21-19(26)17-7-4-15(5-8-17)12-23-20(27)24-14-16-6-9-18(22-13-16)25-10-2-3-11-25/h4-9,13H,2-3,10-12,14H2,1H3,(H,21,26)(H2,23,24,27). The van der Waals surface area contributed by atoms with Crippen LogP contribution in [-0.2, 0) is 13.1 Å². The van der Waals surface area contributed by atoms with Gasteiger partial charge >= 0.3 is 6.03 Å². The molecule has 142 valence electrons. The molecule has 2 heterocycles. The van der Waals surface area contributed by atoms with E-state index in [9.17, 15) is 9.59 Å². The molecule has 7 heteroatoms. The quantitative estimate of drug-likeness (QED) is 0.729. The van der Waals surface area contributed by atoms with E-state index in [2.05, 4.69) is 25.8 Å². The monoisotopic (exact) mass is 367 g/mol. The number of aromatic nitrogens is 1. The van der Waals surface area contributed by atoms with Crippen molar-refractivity contribution in [2.24, 2.45) is 0 Å². The van der Waals surface area contributed by atoms with E-state index in [4.69, 9.17) is 0 Å². The Hall–Kier alpha value is -3.09. The van der Waals surface area contributed by atoms with Gasteiger partial charge in [0.2, 0.25) is 0 Å². The molecule has 0 atom stereocenters. The van der Waals surface area contributed by atoms with Gasteiger partial charge in [-0.15, -0.1) is 0 Å². The number of benzene rings is 1. The maximum atomic E-state index is 12.0. The molecule has 3 N–H and O–H groups in total. The number of hydrogen-bond acceptors (Lipinski definition) is 4. The van der Waals surface area contributed by atoms with Crippen LogP contribution in [0.5, 0.6) is 0 Å². The van der Waals surface area contributed by atoms with Crippen molar-refractivity contribution < 1.29 is 9.59 Å². The van der Waals surface area contributed by atoms with E-state index in [0.29, 0.717) is 18.7 Å². The summed E-state index contributed by atoms with van der Waals surface area (Å²) in [4.78, 5) is 30.2. The summed E-state index contributed by atoms with van der Waals surface area (Å²) in [6.07, 6.45) is 4.25. The van der Waals surface area contributed by atoms with Gasteiger partial charge in [-0.25, -0.2) is 9.78 Å². The molecule has 0 radical (unpaired) electrons. The van der Waals surface area contributed by atoms with Crippen LogP contribution >= 0.6 is 0 Å². The zero-order valence-electron chi connectivity index (χ0n) is 15.5. The van der Waals surface area contributed by atoms with Crippen LogP contribution in [0.3, 0.4) is 0 Å². The summed E-state index contributed by atoms with van der Waals surface area (Å²) in [6.45, 7) is 2.95. The largest absolute Gasteiger partial charge is 0.357 e. The molecule has 2 aromatic rings. The van der Waals surface area contributed by atoms with E-state index >= 15 is 0 Å². The van der Waals surface area contributed by atoms with Gasteiger partial charge in [0.1, 0.15) is 5.82 Å². The average molecular weight is 367 g/mol. The minimum atomic E-state index is -0.242. The average Bonchev–Trinajstić information content (AvgIpc) is 3.26. The number of urea groups is 1. The number of carbonyl (C=O) groups excluding carboxylic acids is 2. The third-order valence-electron chi connectivity index (χ3n) is 4.59. The smallest absolute Gasteiger partial charge is 0.315 e. The predicted octanol–water partition coefficient (Wildman–Crippen LogP) is 2.04. The van der Waals surface area contributed by atoms with E-state index in [1.54, 1.807) is 19.2 Å². The van der Waals surface area contributed by atoms with Crippen molar-refractivity contribution in [3.05, 3.63) is 59.3 Å². The van der Waals surface area contributed by atoms with Crippen LogP contribution in [-0.4, -0.2) is 37.1 Å². The number of anilines is 1. The minimum absolute atomic E-state index is 0.128. The van der Waals surface area contributed by atoms with Crippen molar-refractivity contribution in [3.63, 3.8) is 0 Å². The van der Waals surface area contributed by atoms with Gasteiger partial charge in [-0.2, -0.15) is 0 Å². The zero-order chi connectivity index (χ0) is 19.1. The van der Waals surface area contributed by atoms with Gasteiger partial charge < -0.3 is 20.9 Å². The van der Waals surface area contributed by atoms with Crippen LogP contribution in [0.4, 0.5) is 10.6 Å². The lowest BCUT2D eigenvalue weighted by Gasteiger charge is -2.16. The summed E-state index contributed by atoms with van der Waals surface area (Å²) in [7, 11) is 1.59. The first kappa shape index (κ1) is 18.7. The highest BCUT2D eigenvalue weighted by molar-refractivity contribution is 5.93. The number of nitrogens with zero attached hydrogens (tertiary/aromatic N) is 2. The van der Waals surface area contributed by atoms with Crippen molar-refractivity contribution in [3.8, 4) is 0 Å². The summed E-state index contributed by atoms with van der Waals surface area (Å²) < 4.78 is 0.